The van der Waals surface area contributed by atoms with E-state index in [1.165, 1.54) is 44.9 Å². The van der Waals surface area contributed by atoms with Gasteiger partial charge in [0.2, 0.25) is 5.91 Å². The fourth-order valence-corrected chi connectivity index (χ4v) is 2.77. The van der Waals surface area contributed by atoms with E-state index in [1.54, 1.807) is 0 Å². The number of hydrogen-bond acceptors (Lipinski definition) is 3. The molecule has 0 aromatic heterocycles. The van der Waals surface area contributed by atoms with Gasteiger partial charge < -0.3 is 10.6 Å². The van der Waals surface area contributed by atoms with Gasteiger partial charge in [-0.1, -0.05) is 6.42 Å². The molecule has 1 unspecified atom stereocenters. The van der Waals surface area contributed by atoms with E-state index in [4.69, 9.17) is 0 Å². The summed E-state index contributed by atoms with van der Waals surface area (Å²) in [6.07, 6.45) is 8.85. The van der Waals surface area contributed by atoms with E-state index < -0.39 is 0 Å². The van der Waals surface area contributed by atoms with Gasteiger partial charge >= 0.3 is 0 Å². The van der Waals surface area contributed by atoms with Gasteiger partial charge in [0.25, 0.3) is 0 Å². The van der Waals surface area contributed by atoms with E-state index in [-0.39, 0.29) is 5.91 Å². The van der Waals surface area contributed by atoms with Gasteiger partial charge in [-0.25, -0.2) is 0 Å². The predicted molar refractivity (Wildman–Crippen MR) is 71.4 cm³/mol. The number of hydrogen-bond donors (Lipinski definition) is 2. The van der Waals surface area contributed by atoms with E-state index >= 15 is 0 Å². The summed E-state index contributed by atoms with van der Waals surface area (Å²) in [5.41, 5.74) is 0. The Morgan fingerprint density at radius 3 is 2.56 bits per heavy atom. The molecular formula is C14H25N3O. The smallest absolute Gasteiger partial charge is 0.234 e. The Morgan fingerprint density at radius 2 is 1.83 bits per heavy atom. The van der Waals surface area contributed by atoms with Gasteiger partial charge in [0, 0.05) is 24.7 Å². The van der Waals surface area contributed by atoms with Crippen molar-refractivity contribution < 1.29 is 4.79 Å². The average Bonchev–Trinajstić information content (AvgIpc) is 3.23. The molecule has 0 radical (unpaired) electrons. The fraction of sp³-hybridized carbons (Fsp3) is 0.929. The third-order valence-electron chi connectivity index (χ3n) is 4.26. The topological polar surface area (TPSA) is 44.4 Å². The summed E-state index contributed by atoms with van der Waals surface area (Å²) in [6, 6.07) is 1.84. The molecule has 1 heterocycles. The maximum Gasteiger partial charge on any atom is 0.234 e. The molecule has 4 nitrogen and oxygen atoms in total. The zero-order chi connectivity index (χ0) is 12.4. The molecule has 1 saturated heterocycles. The molecule has 2 aliphatic carbocycles. The number of carbonyl (C=O) groups is 1. The molecule has 18 heavy (non-hydrogen) atoms. The van der Waals surface area contributed by atoms with Crippen LogP contribution in [0, 0.1) is 0 Å². The molecule has 1 atom stereocenters. The van der Waals surface area contributed by atoms with Crippen LogP contribution < -0.4 is 10.6 Å². The fourth-order valence-electron chi connectivity index (χ4n) is 2.77. The molecule has 0 aromatic rings. The van der Waals surface area contributed by atoms with Crippen LogP contribution in [0.1, 0.15) is 44.9 Å². The summed E-state index contributed by atoms with van der Waals surface area (Å²) < 4.78 is 0. The minimum absolute atomic E-state index is 0.232. The van der Waals surface area contributed by atoms with Crippen LogP contribution in [0.2, 0.25) is 0 Å². The first-order valence-corrected chi connectivity index (χ1v) is 7.58. The van der Waals surface area contributed by atoms with Gasteiger partial charge in [0.05, 0.1) is 6.54 Å². The number of amides is 1. The van der Waals surface area contributed by atoms with Crippen LogP contribution in [0.5, 0.6) is 0 Å². The molecule has 3 rings (SSSR count). The number of likely N-dealkylation sites (tertiary alicyclic amines) is 1. The molecule has 102 valence electrons. The highest BCUT2D eigenvalue weighted by atomic mass is 16.2. The average molecular weight is 251 g/mol. The van der Waals surface area contributed by atoms with Gasteiger partial charge in [-0.2, -0.15) is 0 Å². The van der Waals surface area contributed by atoms with Crippen molar-refractivity contribution in [2.24, 2.45) is 0 Å². The first-order chi connectivity index (χ1) is 8.81. The number of nitrogens with one attached hydrogen (secondary N) is 2. The van der Waals surface area contributed by atoms with Crippen LogP contribution in [-0.4, -0.2) is 48.6 Å². The van der Waals surface area contributed by atoms with Gasteiger partial charge in [-0.15, -0.1) is 0 Å². The Balaban J connectivity index is 1.44. The summed E-state index contributed by atoms with van der Waals surface area (Å²) in [5, 5.41) is 6.71. The monoisotopic (exact) mass is 251 g/mol. The molecule has 0 spiro atoms. The lowest BCUT2D eigenvalue weighted by molar-refractivity contribution is -0.123. The first kappa shape index (κ1) is 12.4. The molecule has 1 amide bonds. The Labute approximate surface area is 109 Å². The van der Waals surface area contributed by atoms with Crippen LogP contribution in [0.15, 0.2) is 0 Å². The van der Waals surface area contributed by atoms with E-state index in [0.29, 0.717) is 18.6 Å². The third-order valence-corrected chi connectivity index (χ3v) is 4.26. The number of piperidine rings is 1. The maximum absolute atomic E-state index is 11.9. The second kappa shape index (κ2) is 5.57. The molecule has 0 aromatic carbocycles. The summed E-state index contributed by atoms with van der Waals surface area (Å²) in [6.45, 7) is 2.77. The number of carbonyl (C=O) groups excluding carboxylic acids is 1. The third kappa shape index (κ3) is 3.69. The van der Waals surface area contributed by atoms with Gasteiger partial charge in [0.15, 0.2) is 0 Å². The highest BCUT2D eigenvalue weighted by Gasteiger charge is 2.29. The van der Waals surface area contributed by atoms with Crippen molar-refractivity contribution >= 4 is 5.91 Å². The first-order valence-electron chi connectivity index (χ1n) is 7.58. The SMILES string of the molecule is O=C(CN1CCCCC1CNC1CC1)NC1CC1. The lowest BCUT2D eigenvalue weighted by Gasteiger charge is -2.35. The maximum atomic E-state index is 11.9. The van der Waals surface area contributed by atoms with E-state index in [9.17, 15) is 4.79 Å². The quantitative estimate of drug-likeness (QED) is 0.736. The molecule has 2 saturated carbocycles. The van der Waals surface area contributed by atoms with Crippen LogP contribution in [0.25, 0.3) is 0 Å². The molecule has 4 heteroatoms. The molecule has 3 fully saturated rings. The second-order valence-corrected chi connectivity index (χ2v) is 6.14. The Kier molecular flexibility index (Phi) is 3.85. The van der Waals surface area contributed by atoms with Crippen molar-refractivity contribution in [2.45, 2.75) is 63.1 Å². The van der Waals surface area contributed by atoms with E-state index in [1.807, 2.05) is 0 Å². The summed E-state index contributed by atoms with van der Waals surface area (Å²) in [7, 11) is 0. The van der Waals surface area contributed by atoms with Crippen LogP contribution in [0.4, 0.5) is 0 Å². The second-order valence-electron chi connectivity index (χ2n) is 6.14. The van der Waals surface area contributed by atoms with Crippen molar-refractivity contribution in [1.82, 2.24) is 15.5 Å². The van der Waals surface area contributed by atoms with Crippen molar-refractivity contribution in [3.05, 3.63) is 0 Å². The van der Waals surface area contributed by atoms with Crippen LogP contribution in [-0.2, 0) is 4.79 Å². The summed E-state index contributed by atoms with van der Waals surface area (Å²) in [5.74, 6) is 0.232. The Bertz CT molecular complexity index is 299. The van der Waals surface area contributed by atoms with Gasteiger partial charge in [-0.05, 0) is 45.1 Å². The lowest BCUT2D eigenvalue weighted by atomic mass is 10.0. The van der Waals surface area contributed by atoms with E-state index in [0.717, 1.165) is 19.1 Å². The Morgan fingerprint density at radius 1 is 1.06 bits per heavy atom. The van der Waals surface area contributed by atoms with Crippen molar-refractivity contribution in [1.29, 1.82) is 0 Å². The van der Waals surface area contributed by atoms with Gasteiger partial charge in [0.1, 0.15) is 0 Å². The highest BCUT2D eigenvalue weighted by Crippen LogP contribution is 2.22. The van der Waals surface area contributed by atoms with Crippen LogP contribution in [0.3, 0.4) is 0 Å². The van der Waals surface area contributed by atoms with Crippen molar-refractivity contribution in [3.8, 4) is 0 Å². The largest absolute Gasteiger partial charge is 0.352 e. The van der Waals surface area contributed by atoms with Crippen LogP contribution >= 0.6 is 0 Å². The van der Waals surface area contributed by atoms with Gasteiger partial charge in [-0.3, -0.25) is 9.69 Å². The molecule has 0 bridgehead atoms. The van der Waals surface area contributed by atoms with E-state index in [2.05, 4.69) is 15.5 Å². The molecule has 2 N–H and O–H groups in total. The predicted octanol–water partition coefficient (Wildman–Crippen LogP) is 0.872. The highest BCUT2D eigenvalue weighted by molar-refractivity contribution is 5.78. The van der Waals surface area contributed by atoms with Crippen molar-refractivity contribution in [2.75, 3.05) is 19.6 Å². The minimum atomic E-state index is 0.232. The molecule has 1 aliphatic heterocycles. The summed E-state index contributed by atoms with van der Waals surface area (Å²) in [4.78, 5) is 14.3. The zero-order valence-corrected chi connectivity index (χ0v) is 11.2. The summed E-state index contributed by atoms with van der Waals surface area (Å²) >= 11 is 0. The molecule has 3 aliphatic rings. The molecular weight excluding hydrogens is 226 g/mol. The lowest BCUT2D eigenvalue weighted by Crippen LogP contribution is -2.49. The normalized spacial score (nSPS) is 29.2. The standard InChI is InChI=1S/C14H25N3O/c18-14(16-12-6-7-12)10-17-8-2-1-3-13(17)9-15-11-4-5-11/h11-13,15H,1-10H2,(H,16,18). The number of rotatable bonds is 6. The minimum Gasteiger partial charge on any atom is -0.352 e. The number of nitrogens with zero attached hydrogens (tertiary/aromatic N) is 1. The Hall–Kier alpha value is -0.610. The zero-order valence-electron chi connectivity index (χ0n) is 11.2. The van der Waals surface area contributed by atoms with Crippen molar-refractivity contribution in [3.63, 3.8) is 0 Å².